The van der Waals surface area contributed by atoms with E-state index < -0.39 is 0 Å². The first-order valence-corrected chi connectivity index (χ1v) is 12.1. The third kappa shape index (κ3) is 5.15. The third-order valence-electron chi connectivity index (χ3n) is 5.73. The first-order valence-electron chi connectivity index (χ1n) is 11.2. The zero-order valence-electron chi connectivity index (χ0n) is 18.8. The molecule has 0 radical (unpaired) electrons. The number of furan rings is 1. The van der Waals surface area contributed by atoms with E-state index >= 15 is 0 Å². The molecule has 0 unspecified atom stereocenters. The van der Waals surface area contributed by atoms with Gasteiger partial charge in [0.15, 0.2) is 11.6 Å². The average Bonchev–Trinajstić information content (AvgIpc) is 3.66. The van der Waals surface area contributed by atoms with Gasteiger partial charge in [-0.25, -0.2) is 14.1 Å². The number of hydrogen-bond donors (Lipinski definition) is 1. The Morgan fingerprint density at radius 3 is 2.54 bits per heavy atom. The second-order valence-corrected chi connectivity index (χ2v) is 8.94. The van der Waals surface area contributed by atoms with Crippen molar-refractivity contribution in [1.29, 1.82) is 0 Å². The lowest BCUT2D eigenvalue weighted by atomic mass is 10.3. The molecular weight excluding hydrogens is 471 g/mol. The maximum absolute atomic E-state index is 13.4. The number of benzene rings is 1. The van der Waals surface area contributed by atoms with Crippen LogP contribution in [0.5, 0.6) is 0 Å². The molecule has 1 N–H and O–H groups in total. The third-order valence-corrected chi connectivity index (χ3v) is 6.60. The minimum Gasteiger partial charge on any atom is -0.459 e. The second kappa shape index (κ2) is 10.2. The molecule has 5 rings (SSSR count). The molecule has 4 heterocycles. The molecule has 11 heteroatoms. The van der Waals surface area contributed by atoms with Crippen molar-refractivity contribution in [2.24, 2.45) is 0 Å². The van der Waals surface area contributed by atoms with Crippen LogP contribution in [0.15, 0.2) is 64.6 Å². The van der Waals surface area contributed by atoms with Gasteiger partial charge in [-0.1, -0.05) is 6.07 Å². The van der Waals surface area contributed by atoms with Crippen LogP contribution in [0.4, 0.5) is 4.39 Å². The van der Waals surface area contributed by atoms with Crippen molar-refractivity contribution in [3.8, 4) is 16.4 Å². The molecule has 0 atom stereocenters. The van der Waals surface area contributed by atoms with Crippen LogP contribution in [0.25, 0.3) is 16.4 Å². The quantitative estimate of drug-likeness (QED) is 0.425. The molecule has 0 bridgehead atoms. The molecule has 0 saturated carbocycles. The van der Waals surface area contributed by atoms with Crippen LogP contribution in [-0.2, 0) is 0 Å². The van der Waals surface area contributed by atoms with Crippen molar-refractivity contribution >= 4 is 23.2 Å². The van der Waals surface area contributed by atoms with Crippen LogP contribution in [0, 0.1) is 5.82 Å². The van der Waals surface area contributed by atoms with Crippen molar-refractivity contribution in [2.75, 3.05) is 39.3 Å². The van der Waals surface area contributed by atoms with Gasteiger partial charge >= 0.3 is 0 Å². The fourth-order valence-electron chi connectivity index (χ4n) is 3.87. The number of carbonyl (C=O) groups is 2. The summed E-state index contributed by atoms with van der Waals surface area (Å²) in [6, 6.07) is 13.0. The second-order valence-electron chi connectivity index (χ2n) is 7.99. The molecule has 3 aromatic heterocycles. The largest absolute Gasteiger partial charge is 0.459 e. The SMILES string of the molecule is O=C(NCCN1CCN(C(=O)c2nc(-c3cccs3)n(-c3ccc(F)cc3)n2)CC1)c1ccco1. The molecule has 0 spiro atoms. The maximum atomic E-state index is 13.4. The minimum atomic E-state index is -0.346. The number of aromatic nitrogens is 3. The number of nitrogens with one attached hydrogen (secondary N) is 1. The summed E-state index contributed by atoms with van der Waals surface area (Å²) >= 11 is 1.49. The number of hydrogen-bond acceptors (Lipinski definition) is 7. The number of nitrogens with zero attached hydrogens (tertiary/aromatic N) is 5. The van der Waals surface area contributed by atoms with E-state index in [1.54, 1.807) is 33.8 Å². The van der Waals surface area contributed by atoms with Crippen LogP contribution in [0.3, 0.4) is 0 Å². The zero-order chi connectivity index (χ0) is 24.2. The number of rotatable bonds is 7. The van der Waals surface area contributed by atoms with Crippen LogP contribution in [0.1, 0.15) is 21.2 Å². The van der Waals surface area contributed by atoms with Crippen molar-refractivity contribution in [3.63, 3.8) is 0 Å². The van der Waals surface area contributed by atoms with E-state index in [4.69, 9.17) is 4.42 Å². The lowest BCUT2D eigenvalue weighted by Crippen LogP contribution is -2.50. The summed E-state index contributed by atoms with van der Waals surface area (Å²) in [5.41, 5.74) is 0.628. The number of amides is 2. The fraction of sp³-hybridized carbons (Fsp3) is 0.250. The molecular formula is C24H23FN6O3S. The monoisotopic (exact) mass is 494 g/mol. The summed E-state index contributed by atoms with van der Waals surface area (Å²) in [6.45, 7) is 3.59. The predicted molar refractivity (Wildman–Crippen MR) is 128 cm³/mol. The zero-order valence-corrected chi connectivity index (χ0v) is 19.6. The van der Waals surface area contributed by atoms with Gasteiger partial charge in [0.05, 0.1) is 16.8 Å². The van der Waals surface area contributed by atoms with E-state index in [9.17, 15) is 14.0 Å². The van der Waals surface area contributed by atoms with Gasteiger partial charge in [-0.05, 0) is 47.8 Å². The van der Waals surface area contributed by atoms with Gasteiger partial charge in [0, 0.05) is 39.3 Å². The molecule has 1 saturated heterocycles. The lowest BCUT2D eigenvalue weighted by Gasteiger charge is -2.34. The van der Waals surface area contributed by atoms with Crippen molar-refractivity contribution in [3.05, 3.63) is 77.6 Å². The Hall–Kier alpha value is -3.83. The topological polar surface area (TPSA) is 96.5 Å². The van der Waals surface area contributed by atoms with Crippen molar-refractivity contribution in [2.45, 2.75) is 0 Å². The highest BCUT2D eigenvalue weighted by atomic mass is 32.1. The van der Waals surface area contributed by atoms with Gasteiger partial charge in [-0.3, -0.25) is 14.5 Å². The van der Waals surface area contributed by atoms with E-state index in [0.29, 0.717) is 50.8 Å². The predicted octanol–water partition coefficient (Wildman–Crippen LogP) is 2.92. The lowest BCUT2D eigenvalue weighted by molar-refractivity contribution is 0.0626. The maximum Gasteiger partial charge on any atom is 0.293 e. The number of carbonyl (C=O) groups excluding carboxylic acids is 2. The Bertz CT molecular complexity index is 1280. The fourth-order valence-corrected chi connectivity index (χ4v) is 4.57. The molecule has 35 heavy (non-hydrogen) atoms. The molecule has 1 aliphatic heterocycles. The van der Waals surface area contributed by atoms with E-state index in [2.05, 4.69) is 20.3 Å². The highest BCUT2D eigenvalue weighted by Crippen LogP contribution is 2.26. The first-order chi connectivity index (χ1) is 17.1. The van der Waals surface area contributed by atoms with Crippen LogP contribution in [-0.4, -0.2) is 75.6 Å². The normalized spacial score (nSPS) is 14.3. The van der Waals surface area contributed by atoms with Gasteiger partial charge in [-0.15, -0.1) is 16.4 Å². The van der Waals surface area contributed by atoms with Crippen molar-refractivity contribution < 1.29 is 18.4 Å². The first kappa shape index (κ1) is 22.9. The number of thiophene rings is 1. The summed E-state index contributed by atoms with van der Waals surface area (Å²) in [4.78, 5) is 34.5. The van der Waals surface area contributed by atoms with Gasteiger partial charge in [0.2, 0.25) is 5.82 Å². The highest BCUT2D eigenvalue weighted by molar-refractivity contribution is 7.13. The molecule has 1 aliphatic rings. The summed E-state index contributed by atoms with van der Waals surface area (Å²) in [6.07, 6.45) is 1.46. The molecule has 4 aromatic rings. The van der Waals surface area contributed by atoms with E-state index in [-0.39, 0.29) is 29.2 Å². The van der Waals surface area contributed by atoms with Crippen LogP contribution in [0.2, 0.25) is 0 Å². The van der Waals surface area contributed by atoms with Crippen LogP contribution >= 0.6 is 11.3 Å². The number of piperazine rings is 1. The van der Waals surface area contributed by atoms with E-state index in [1.165, 1.54) is 29.7 Å². The minimum absolute atomic E-state index is 0.108. The summed E-state index contributed by atoms with van der Waals surface area (Å²) < 4.78 is 20.1. The summed E-state index contributed by atoms with van der Waals surface area (Å²) in [5, 5.41) is 9.24. The Kier molecular flexibility index (Phi) is 6.68. The van der Waals surface area contributed by atoms with Gasteiger partial charge in [0.1, 0.15) is 5.82 Å². The standard InChI is InChI=1S/C24H23FN6O3S/c25-17-5-7-18(8-6-17)31-22(20-4-2-16-35-20)27-21(28-31)24(33)30-13-11-29(12-14-30)10-9-26-23(32)19-3-1-15-34-19/h1-8,15-16H,9-14H2,(H,26,32). The van der Waals surface area contributed by atoms with Gasteiger partial charge in [-0.2, -0.15) is 0 Å². The summed E-state index contributed by atoms with van der Waals surface area (Å²) in [5.74, 6) is 0.108. The Balaban J connectivity index is 1.22. The van der Waals surface area contributed by atoms with Gasteiger partial charge in [0.25, 0.3) is 11.8 Å². The Morgan fingerprint density at radius 2 is 1.86 bits per heavy atom. The molecule has 0 aliphatic carbocycles. The molecule has 1 fully saturated rings. The average molecular weight is 495 g/mol. The smallest absolute Gasteiger partial charge is 0.293 e. The highest BCUT2D eigenvalue weighted by Gasteiger charge is 2.27. The molecule has 2 amide bonds. The van der Waals surface area contributed by atoms with Gasteiger partial charge < -0.3 is 14.6 Å². The molecule has 1 aromatic carbocycles. The Labute approximate surface area is 204 Å². The summed E-state index contributed by atoms with van der Waals surface area (Å²) in [7, 11) is 0. The Morgan fingerprint density at radius 1 is 1.06 bits per heavy atom. The van der Waals surface area contributed by atoms with E-state index in [0.717, 1.165) is 4.88 Å². The molecule has 180 valence electrons. The van der Waals surface area contributed by atoms with Crippen molar-refractivity contribution in [1.82, 2.24) is 29.9 Å². The van der Waals surface area contributed by atoms with E-state index in [1.807, 2.05) is 17.5 Å². The molecule has 9 nitrogen and oxygen atoms in total. The number of halogens is 1. The van der Waals surface area contributed by atoms with Crippen LogP contribution < -0.4 is 5.32 Å².